The normalized spacial score (nSPS) is 28.6. The van der Waals surface area contributed by atoms with Crippen LogP contribution in [0.1, 0.15) is 5.56 Å². The number of hydrogen-bond acceptors (Lipinski definition) is 12. The molecule has 1 aromatic rings. The molecule has 0 saturated carbocycles. The molecule has 1 saturated heterocycles. The maximum atomic E-state index is 15.8. The first-order chi connectivity index (χ1) is 15.4. The summed E-state index contributed by atoms with van der Waals surface area (Å²) in [6, 6.07) is 0. The molecule has 192 valence electrons. The van der Waals surface area contributed by atoms with E-state index in [1.807, 2.05) is 0 Å². The van der Waals surface area contributed by atoms with Gasteiger partial charge in [-0.05, 0) is 12.5 Å². The van der Waals surface area contributed by atoms with E-state index in [9.17, 15) is 33.4 Å². The molecule has 2 heterocycles. The van der Waals surface area contributed by atoms with Gasteiger partial charge in [-0.15, -0.1) is 0 Å². The summed E-state index contributed by atoms with van der Waals surface area (Å²) >= 11 is 0. The summed E-state index contributed by atoms with van der Waals surface area (Å²) in [5, 5.41) is 13.8. The fourth-order valence-electron chi connectivity index (χ4n) is 2.78. The van der Waals surface area contributed by atoms with Crippen LogP contribution in [-0.2, 0) is 37.4 Å². The van der Waals surface area contributed by atoms with E-state index in [1.54, 1.807) is 0 Å². The number of nitrogen functional groups attached to an aromatic ring is 1. The average molecular weight is 554 g/mol. The number of phosphoric ester groups is 1. The van der Waals surface area contributed by atoms with E-state index in [0.29, 0.717) is 4.57 Å². The molecule has 2 rings (SSSR count). The van der Waals surface area contributed by atoms with Crippen LogP contribution in [0.5, 0.6) is 0 Å². The number of nitrogens with two attached hydrogens (primary N) is 1. The van der Waals surface area contributed by atoms with Crippen molar-refractivity contribution in [3.8, 4) is 0 Å². The lowest BCUT2D eigenvalue weighted by atomic mass is 9.93. The molecule has 0 amide bonds. The van der Waals surface area contributed by atoms with Crippen molar-refractivity contribution in [2.24, 2.45) is 5.11 Å². The lowest BCUT2D eigenvalue weighted by molar-refractivity contribution is -0.0995. The number of halogens is 1. The zero-order chi connectivity index (χ0) is 26.2. The number of ether oxygens (including phenoxy) is 1. The van der Waals surface area contributed by atoms with Gasteiger partial charge in [-0.25, -0.2) is 22.9 Å². The van der Waals surface area contributed by atoms with E-state index in [2.05, 4.69) is 28.2 Å². The van der Waals surface area contributed by atoms with Gasteiger partial charge in [0.05, 0.1) is 13.2 Å². The number of aliphatic hydroxyl groups is 1. The first-order valence-electron chi connectivity index (χ1n) is 8.53. The Hall–Kier alpha value is -1.75. The van der Waals surface area contributed by atoms with Crippen LogP contribution in [0.4, 0.5) is 10.2 Å². The molecule has 0 bridgehead atoms. The predicted octanol–water partition coefficient (Wildman–Crippen LogP) is -0.460. The molecule has 1 fully saturated rings. The zero-order valence-corrected chi connectivity index (χ0v) is 19.5. The number of nitrogens with zero attached hydrogens (tertiary/aromatic N) is 5. The molecule has 7 N–H and O–H groups in total. The van der Waals surface area contributed by atoms with E-state index in [0.717, 1.165) is 6.20 Å². The van der Waals surface area contributed by atoms with Crippen LogP contribution < -0.4 is 11.4 Å². The van der Waals surface area contributed by atoms with Crippen LogP contribution in [0, 0.1) is 6.92 Å². The molecule has 5 atom stereocenters. The lowest BCUT2D eigenvalue weighted by Crippen LogP contribution is -2.55. The Labute approximate surface area is 188 Å². The third kappa shape index (κ3) is 6.47. The number of aliphatic hydroxyl groups excluding tert-OH is 1. The second-order valence-electron chi connectivity index (χ2n) is 6.79. The molecular weight excluding hydrogens is 536 g/mol. The molecule has 2 unspecified atom stereocenters. The summed E-state index contributed by atoms with van der Waals surface area (Å²) in [5.74, 6) is -3.32. The van der Waals surface area contributed by atoms with Crippen molar-refractivity contribution in [3.05, 3.63) is 32.7 Å². The minimum absolute atomic E-state index is 0.129. The van der Waals surface area contributed by atoms with E-state index in [-0.39, 0.29) is 11.4 Å². The lowest BCUT2D eigenvalue weighted by Gasteiger charge is -2.33. The summed E-state index contributed by atoms with van der Waals surface area (Å²) < 4.78 is 66.8. The Morgan fingerprint density at radius 1 is 1.35 bits per heavy atom. The van der Waals surface area contributed by atoms with E-state index in [4.69, 9.17) is 25.8 Å². The molecule has 0 aliphatic carbocycles. The minimum atomic E-state index is -5.87. The standard InChI is InChI=1S/C11H18FN6O13P3/c1-6-2-18(9(20)16-7(6)13)11(12)5-28-10(8(11)19,3-15-17-14)4-29-33(24,25)31-34(26,27)30-32(21,22)23/h2,8,19H,3-5H2,1H3,(H,24,25)(H,26,27)(H2,13,16,20)(H2,21,22,23)/t8-,10-,11+/m1/s1. The highest BCUT2D eigenvalue weighted by Gasteiger charge is 2.61. The van der Waals surface area contributed by atoms with Crippen LogP contribution in [0.3, 0.4) is 0 Å². The number of aromatic nitrogens is 2. The number of aryl methyl sites for hydroxylation is 1. The van der Waals surface area contributed by atoms with Crippen molar-refractivity contribution >= 4 is 29.3 Å². The van der Waals surface area contributed by atoms with Crippen LogP contribution >= 0.6 is 23.5 Å². The van der Waals surface area contributed by atoms with Crippen molar-refractivity contribution in [3.63, 3.8) is 0 Å². The monoisotopic (exact) mass is 554 g/mol. The molecule has 1 aliphatic rings. The summed E-state index contributed by atoms with van der Waals surface area (Å²) in [7, 11) is -17.2. The Bertz CT molecular complexity index is 1200. The minimum Gasteiger partial charge on any atom is -0.385 e. The molecule has 0 aromatic carbocycles. The molecular formula is C11H18FN6O13P3. The molecule has 34 heavy (non-hydrogen) atoms. The maximum absolute atomic E-state index is 15.8. The van der Waals surface area contributed by atoms with E-state index < -0.39 is 66.4 Å². The Kier molecular flexibility index (Phi) is 8.14. The smallest absolute Gasteiger partial charge is 0.385 e. The largest absolute Gasteiger partial charge is 0.490 e. The Morgan fingerprint density at radius 2 is 1.97 bits per heavy atom. The van der Waals surface area contributed by atoms with Crippen molar-refractivity contribution < 1.29 is 60.6 Å². The van der Waals surface area contributed by atoms with E-state index in [1.165, 1.54) is 6.92 Å². The molecule has 19 nitrogen and oxygen atoms in total. The van der Waals surface area contributed by atoms with Gasteiger partial charge in [0.15, 0.2) is 0 Å². The molecule has 0 radical (unpaired) electrons. The first-order valence-corrected chi connectivity index (χ1v) is 13.0. The van der Waals surface area contributed by atoms with Crippen molar-refractivity contribution in [1.29, 1.82) is 0 Å². The topological polar surface area (TPSA) is 299 Å². The van der Waals surface area contributed by atoms with Gasteiger partial charge in [0.2, 0.25) is 5.79 Å². The van der Waals surface area contributed by atoms with E-state index >= 15 is 4.39 Å². The van der Waals surface area contributed by atoms with Gasteiger partial charge in [0.1, 0.15) is 24.1 Å². The maximum Gasteiger partial charge on any atom is 0.490 e. The molecule has 1 aliphatic heterocycles. The molecule has 0 spiro atoms. The fourth-order valence-corrected chi connectivity index (χ4v) is 5.85. The van der Waals surface area contributed by atoms with Gasteiger partial charge in [-0.1, -0.05) is 5.11 Å². The second-order valence-corrected chi connectivity index (χ2v) is 11.2. The van der Waals surface area contributed by atoms with Gasteiger partial charge >= 0.3 is 29.2 Å². The number of alkyl halides is 1. The van der Waals surface area contributed by atoms with Crippen LogP contribution in [0.2, 0.25) is 0 Å². The predicted molar refractivity (Wildman–Crippen MR) is 105 cm³/mol. The Balaban J connectivity index is 2.35. The van der Waals surface area contributed by atoms with Gasteiger partial charge in [-0.3, -0.25) is 9.09 Å². The van der Waals surface area contributed by atoms with Gasteiger partial charge in [-0.2, -0.15) is 13.6 Å². The molecule has 1 aromatic heterocycles. The summed E-state index contributed by atoms with van der Waals surface area (Å²) in [6.07, 6.45) is -1.54. The second kappa shape index (κ2) is 9.72. The number of rotatable bonds is 10. The van der Waals surface area contributed by atoms with Gasteiger partial charge in [0, 0.05) is 16.7 Å². The van der Waals surface area contributed by atoms with Gasteiger partial charge in [0.25, 0.3) is 0 Å². The summed E-state index contributed by atoms with van der Waals surface area (Å²) in [5.41, 5.74) is 10.5. The highest BCUT2D eigenvalue weighted by molar-refractivity contribution is 7.66. The SMILES string of the molecule is Cc1cn([C@@]2(F)CO[C@](CN=[N+]=[N-])(COP(=O)(O)OP(=O)(O)OP(=O)(O)O)[C@H]2O)c(=O)nc1N. The summed E-state index contributed by atoms with van der Waals surface area (Å²) in [6.45, 7) is -2.05. The molecule has 23 heteroatoms. The summed E-state index contributed by atoms with van der Waals surface area (Å²) in [4.78, 5) is 53.8. The number of azide groups is 1. The number of anilines is 1. The third-order valence-corrected chi connectivity index (χ3v) is 8.10. The highest BCUT2D eigenvalue weighted by Crippen LogP contribution is 2.66. The Morgan fingerprint density at radius 3 is 2.53 bits per heavy atom. The van der Waals surface area contributed by atoms with Crippen molar-refractivity contribution in [1.82, 2.24) is 9.55 Å². The van der Waals surface area contributed by atoms with Crippen LogP contribution in [0.25, 0.3) is 10.4 Å². The first kappa shape index (κ1) is 28.5. The van der Waals surface area contributed by atoms with Crippen LogP contribution in [0.15, 0.2) is 16.1 Å². The third-order valence-electron chi connectivity index (χ3n) is 4.32. The fraction of sp³-hybridized carbons (Fsp3) is 0.636. The number of hydrogen-bond donors (Lipinski definition) is 6. The highest BCUT2D eigenvalue weighted by atomic mass is 31.3. The van der Waals surface area contributed by atoms with Crippen molar-refractivity contribution in [2.75, 3.05) is 25.5 Å². The quantitative estimate of drug-likeness (QED) is 0.0922. The average Bonchev–Trinajstić information content (AvgIpc) is 2.91. The zero-order valence-electron chi connectivity index (χ0n) is 16.8. The number of phosphoric acid groups is 3. The van der Waals surface area contributed by atoms with Gasteiger partial charge < -0.3 is 35.2 Å². The van der Waals surface area contributed by atoms with Crippen molar-refractivity contribution in [2.45, 2.75) is 24.4 Å². The van der Waals surface area contributed by atoms with Crippen LogP contribution in [-0.4, -0.2) is 65.7 Å².